The minimum absolute atomic E-state index is 0.451. The fourth-order valence-electron chi connectivity index (χ4n) is 2.75. The maximum atomic E-state index is 3.35. The topological polar surface area (TPSA) is 12.0 Å². The summed E-state index contributed by atoms with van der Waals surface area (Å²) in [5, 5.41) is 3.35. The van der Waals surface area contributed by atoms with E-state index in [4.69, 9.17) is 0 Å². The van der Waals surface area contributed by atoms with Gasteiger partial charge in [-0.25, -0.2) is 0 Å². The molecule has 0 aromatic heterocycles. The van der Waals surface area contributed by atoms with Crippen LogP contribution in [0.3, 0.4) is 0 Å². The van der Waals surface area contributed by atoms with Gasteiger partial charge in [-0.1, -0.05) is 69.3 Å². The van der Waals surface area contributed by atoms with Crippen LogP contribution in [0.15, 0.2) is 48.5 Å². The van der Waals surface area contributed by atoms with Crippen LogP contribution in [0.25, 0.3) is 11.1 Å². The Kier molecular flexibility index (Phi) is 5.58. The third-order valence-electron chi connectivity index (χ3n) is 4.50. The molecule has 0 saturated heterocycles. The van der Waals surface area contributed by atoms with E-state index >= 15 is 0 Å². The van der Waals surface area contributed by atoms with E-state index in [1.54, 1.807) is 0 Å². The smallest absolute Gasteiger partial charge is 0.0314 e. The third-order valence-corrected chi connectivity index (χ3v) is 4.50. The largest absolute Gasteiger partial charge is 0.313 e. The summed E-state index contributed by atoms with van der Waals surface area (Å²) in [6.07, 6.45) is 2.30. The molecule has 112 valence electrons. The van der Waals surface area contributed by atoms with Gasteiger partial charge in [-0.05, 0) is 48.1 Å². The average Bonchev–Trinajstić information content (AvgIpc) is 2.56. The highest BCUT2D eigenvalue weighted by Crippen LogP contribution is 2.26. The highest BCUT2D eigenvalue weighted by Gasteiger charge is 2.07. The molecule has 2 aromatic rings. The van der Waals surface area contributed by atoms with Crippen molar-refractivity contribution in [1.29, 1.82) is 0 Å². The van der Waals surface area contributed by atoms with Gasteiger partial charge in [-0.3, -0.25) is 0 Å². The molecule has 2 atom stereocenters. The first-order chi connectivity index (χ1) is 10.2. The molecule has 0 amide bonds. The number of rotatable bonds is 6. The molecule has 2 unspecified atom stereocenters. The van der Waals surface area contributed by atoms with Gasteiger partial charge in [0, 0.05) is 6.04 Å². The van der Waals surface area contributed by atoms with Gasteiger partial charge in [0.2, 0.25) is 0 Å². The normalized spacial score (nSPS) is 13.9. The van der Waals surface area contributed by atoms with Crippen LogP contribution in [0.1, 0.15) is 56.7 Å². The first-order valence-electron chi connectivity index (χ1n) is 8.07. The van der Waals surface area contributed by atoms with Crippen LogP contribution in [-0.4, -0.2) is 7.05 Å². The summed E-state index contributed by atoms with van der Waals surface area (Å²) in [6, 6.07) is 18.4. The summed E-state index contributed by atoms with van der Waals surface area (Å²) < 4.78 is 0. The Labute approximate surface area is 129 Å². The Hall–Kier alpha value is -1.60. The second kappa shape index (κ2) is 7.42. The highest BCUT2D eigenvalue weighted by atomic mass is 14.9. The minimum atomic E-state index is 0.451. The van der Waals surface area contributed by atoms with Crippen LogP contribution < -0.4 is 5.32 Å². The number of nitrogens with one attached hydrogen (secondary N) is 1. The fourth-order valence-corrected chi connectivity index (χ4v) is 2.75. The van der Waals surface area contributed by atoms with Crippen molar-refractivity contribution >= 4 is 0 Å². The van der Waals surface area contributed by atoms with E-state index in [1.165, 1.54) is 28.7 Å². The van der Waals surface area contributed by atoms with E-state index in [-0.39, 0.29) is 0 Å². The van der Waals surface area contributed by atoms with E-state index in [9.17, 15) is 0 Å². The molecule has 2 rings (SSSR count). The van der Waals surface area contributed by atoms with E-state index in [0.717, 1.165) is 6.42 Å². The molecule has 0 heterocycles. The highest BCUT2D eigenvalue weighted by molar-refractivity contribution is 5.64. The van der Waals surface area contributed by atoms with E-state index in [0.29, 0.717) is 12.0 Å². The van der Waals surface area contributed by atoms with E-state index in [1.807, 2.05) is 7.05 Å². The molecular weight excluding hydrogens is 254 g/mol. The Balaban J connectivity index is 2.18. The molecule has 0 bridgehead atoms. The number of hydrogen-bond acceptors (Lipinski definition) is 1. The zero-order chi connectivity index (χ0) is 15.2. The number of hydrogen-bond donors (Lipinski definition) is 1. The lowest BCUT2D eigenvalue weighted by molar-refractivity contribution is 0.577. The van der Waals surface area contributed by atoms with Gasteiger partial charge < -0.3 is 5.32 Å². The first-order valence-corrected chi connectivity index (χ1v) is 8.07. The number of benzene rings is 2. The maximum Gasteiger partial charge on any atom is 0.0314 e. The van der Waals surface area contributed by atoms with Crippen LogP contribution in [0, 0.1) is 0 Å². The zero-order valence-electron chi connectivity index (χ0n) is 13.7. The van der Waals surface area contributed by atoms with Crippen LogP contribution in [0.4, 0.5) is 0 Å². The minimum Gasteiger partial charge on any atom is -0.313 e. The van der Waals surface area contributed by atoms with Gasteiger partial charge in [-0.2, -0.15) is 0 Å². The standard InChI is InChI=1S/C20H27N/c1-5-15(3)16-7-9-17(10-8-16)18-11-13-19(14-12-18)20(6-2)21-4/h7-15,20-21H,5-6H2,1-4H3. The Morgan fingerprint density at radius 2 is 1.24 bits per heavy atom. The zero-order valence-corrected chi connectivity index (χ0v) is 13.7. The van der Waals surface area contributed by atoms with Gasteiger partial charge in [0.25, 0.3) is 0 Å². The lowest BCUT2D eigenvalue weighted by atomic mass is 9.95. The van der Waals surface area contributed by atoms with Crippen molar-refractivity contribution < 1.29 is 0 Å². The summed E-state index contributed by atoms with van der Waals surface area (Å²) >= 11 is 0. The molecule has 0 saturated carbocycles. The van der Waals surface area contributed by atoms with Crippen LogP contribution in [0.5, 0.6) is 0 Å². The van der Waals surface area contributed by atoms with Crippen LogP contribution >= 0.6 is 0 Å². The van der Waals surface area contributed by atoms with Gasteiger partial charge in [-0.15, -0.1) is 0 Å². The Morgan fingerprint density at radius 3 is 1.62 bits per heavy atom. The van der Waals surface area contributed by atoms with Crippen LogP contribution in [-0.2, 0) is 0 Å². The molecule has 1 heteroatoms. The maximum absolute atomic E-state index is 3.35. The summed E-state index contributed by atoms with van der Waals surface area (Å²) in [4.78, 5) is 0. The SMILES string of the molecule is CCC(C)c1ccc(-c2ccc(C(CC)NC)cc2)cc1. The summed E-state index contributed by atoms with van der Waals surface area (Å²) in [5.74, 6) is 0.641. The van der Waals surface area contributed by atoms with E-state index in [2.05, 4.69) is 74.6 Å². The van der Waals surface area contributed by atoms with Crippen molar-refractivity contribution in [2.75, 3.05) is 7.05 Å². The van der Waals surface area contributed by atoms with Gasteiger partial charge in [0.1, 0.15) is 0 Å². The second-order valence-electron chi connectivity index (χ2n) is 5.80. The second-order valence-corrected chi connectivity index (χ2v) is 5.80. The van der Waals surface area contributed by atoms with E-state index < -0.39 is 0 Å². The lowest BCUT2D eigenvalue weighted by Gasteiger charge is -2.15. The lowest BCUT2D eigenvalue weighted by Crippen LogP contribution is -2.14. The summed E-state index contributed by atoms with van der Waals surface area (Å²) in [5.41, 5.74) is 5.38. The molecular formula is C20H27N. The third kappa shape index (κ3) is 3.74. The molecule has 1 nitrogen and oxygen atoms in total. The van der Waals surface area contributed by atoms with Gasteiger partial charge in [0.05, 0.1) is 0 Å². The van der Waals surface area contributed by atoms with Crippen molar-refractivity contribution in [3.63, 3.8) is 0 Å². The monoisotopic (exact) mass is 281 g/mol. The van der Waals surface area contributed by atoms with Gasteiger partial charge >= 0.3 is 0 Å². The van der Waals surface area contributed by atoms with Crippen molar-refractivity contribution in [1.82, 2.24) is 5.32 Å². The molecule has 1 N–H and O–H groups in total. The fraction of sp³-hybridized carbons (Fsp3) is 0.400. The predicted octanol–water partition coefficient (Wildman–Crippen LogP) is 5.54. The summed E-state index contributed by atoms with van der Waals surface area (Å²) in [7, 11) is 2.02. The molecule has 0 fully saturated rings. The molecule has 0 spiro atoms. The van der Waals surface area contributed by atoms with Crippen molar-refractivity contribution in [3.05, 3.63) is 59.7 Å². The van der Waals surface area contributed by atoms with Crippen molar-refractivity contribution in [2.45, 2.75) is 45.6 Å². The molecule has 2 aromatic carbocycles. The molecule has 0 radical (unpaired) electrons. The Bertz CT molecular complexity index is 535. The van der Waals surface area contributed by atoms with Crippen LogP contribution in [0.2, 0.25) is 0 Å². The molecule has 0 aliphatic carbocycles. The molecule has 0 aliphatic heterocycles. The molecule has 21 heavy (non-hydrogen) atoms. The first kappa shape index (κ1) is 15.8. The van der Waals surface area contributed by atoms with Crippen molar-refractivity contribution in [3.8, 4) is 11.1 Å². The predicted molar refractivity (Wildman–Crippen MR) is 92.7 cm³/mol. The quantitative estimate of drug-likeness (QED) is 0.733. The molecule has 0 aliphatic rings. The average molecular weight is 281 g/mol. The van der Waals surface area contributed by atoms with Crippen molar-refractivity contribution in [2.24, 2.45) is 0 Å². The summed E-state index contributed by atoms with van der Waals surface area (Å²) in [6.45, 7) is 6.73. The van der Waals surface area contributed by atoms with Gasteiger partial charge in [0.15, 0.2) is 0 Å². The Morgan fingerprint density at radius 1 is 0.762 bits per heavy atom.